The van der Waals surface area contributed by atoms with Crippen molar-refractivity contribution in [1.82, 2.24) is 24.6 Å². The maximum atomic E-state index is 13.4. The highest BCUT2D eigenvalue weighted by atomic mass is 16.5. The number of fused-ring (bicyclic) bond motifs is 4. The van der Waals surface area contributed by atoms with Gasteiger partial charge in [-0.3, -0.25) is 4.79 Å². The molecule has 2 N–H and O–H groups in total. The van der Waals surface area contributed by atoms with Gasteiger partial charge in [0.05, 0.1) is 31.8 Å². The van der Waals surface area contributed by atoms with E-state index in [4.69, 9.17) is 4.74 Å². The van der Waals surface area contributed by atoms with E-state index in [1.165, 1.54) is 5.56 Å². The Bertz CT molecular complexity index is 1100. The summed E-state index contributed by atoms with van der Waals surface area (Å²) in [6.07, 6.45) is 1.50. The number of aliphatic hydroxyl groups excluding tert-OH is 1. The summed E-state index contributed by atoms with van der Waals surface area (Å²) in [5.74, 6) is 0.771. The average Bonchev–Trinajstić information content (AvgIpc) is 3.11. The number of carbonyl (C=O) groups is 2. The minimum atomic E-state index is -0.422. The van der Waals surface area contributed by atoms with Crippen molar-refractivity contribution in [3.8, 4) is 5.75 Å². The molecule has 2 aliphatic heterocycles. The number of methoxy groups -OCH3 is 1. The van der Waals surface area contributed by atoms with E-state index in [0.717, 1.165) is 35.2 Å². The van der Waals surface area contributed by atoms with Gasteiger partial charge in [0.1, 0.15) is 5.75 Å². The molecule has 1 atom stereocenters. The standard InChI is InChI=1S/C26H39N5O4/c1-17(2)27-25(34)30-11-9-26(10-12-30)16-31(22(33)14-28(3)4)21(15-32)24-23(26)19-8-7-18(35-6)13-20(19)29(24)5/h7-8,13,17,21,32H,9-12,14-16H2,1-6H3,(H,27,34)/t21-/m0/s1. The Labute approximate surface area is 207 Å². The Balaban J connectivity index is 1.82. The second-order valence-electron chi connectivity index (χ2n) is 10.5. The van der Waals surface area contributed by atoms with Crippen molar-refractivity contribution in [3.05, 3.63) is 29.5 Å². The third kappa shape index (κ3) is 4.47. The zero-order valence-electron chi connectivity index (χ0n) is 21.8. The van der Waals surface area contributed by atoms with E-state index in [0.29, 0.717) is 19.6 Å². The van der Waals surface area contributed by atoms with E-state index in [-0.39, 0.29) is 36.5 Å². The number of ether oxygens (including phenoxy) is 1. The van der Waals surface area contributed by atoms with E-state index in [2.05, 4.69) is 16.0 Å². The predicted octanol–water partition coefficient (Wildman–Crippen LogP) is 2.08. The Morgan fingerprint density at radius 1 is 1.26 bits per heavy atom. The monoisotopic (exact) mass is 485 g/mol. The fourth-order valence-electron chi connectivity index (χ4n) is 5.87. The van der Waals surface area contributed by atoms with Crippen LogP contribution in [0, 0.1) is 0 Å². The molecule has 3 amide bonds. The maximum Gasteiger partial charge on any atom is 0.317 e. The van der Waals surface area contributed by atoms with Gasteiger partial charge in [0.2, 0.25) is 5.91 Å². The van der Waals surface area contributed by atoms with Crippen molar-refractivity contribution in [3.63, 3.8) is 0 Å². The topological polar surface area (TPSA) is 90.3 Å². The average molecular weight is 486 g/mol. The molecule has 2 aromatic rings. The molecule has 1 spiro atoms. The molecular formula is C26H39N5O4. The van der Waals surface area contributed by atoms with Crippen molar-refractivity contribution in [2.45, 2.75) is 44.2 Å². The molecule has 1 aromatic heterocycles. The lowest BCUT2D eigenvalue weighted by Crippen LogP contribution is -2.58. The number of carbonyl (C=O) groups excluding carboxylic acids is 2. The van der Waals surface area contributed by atoms with Crippen molar-refractivity contribution >= 4 is 22.8 Å². The van der Waals surface area contributed by atoms with Gasteiger partial charge in [-0.2, -0.15) is 0 Å². The first-order chi connectivity index (χ1) is 16.6. The number of amides is 3. The van der Waals surface area contributed by atoms with Crippen LogP contribution in [-0.4, -0.2) is 96.3 Å². The molecule has 1 aromatic carbocycles. The van der Waals surface area contributed by atoms with Crippen LogP contribution >= 0.6 is 0 Å². The number of nitrogens with one attached hydrogen (secondary N) is 1. The molecule has 35 heavy (non-hydrogen) atoms. The van der Waals surface area contributed by atoms with E-state index in [1.54, 1.807) is 7.11 Å². The molecule has 9 nitrogen and oxygen atoms in total. The Hall–Kier alpha value is -2.78. The second-order valence-corrected chi connectivity index (χ2v) is 10.5. The van der Waals surface area contributed by atoms with Crippen molar-refractivity contribution in [2.75, 3.05) is 54.0 Å². The number of benzene rings is 1. The number of hydrogen-bond acceptors (Lipinski definition) is 5. The van der Waals surface area contributed by atoms with Crippen LogP contribution in [0.4, 0.5) is 4.79 Å². The first-order valence-corrected chi connectivity index (χ1v) is 12.4. The normalized spacial score (nSPS) is 19.5. The summed E-state index contributed by atoms with van der Waals surface area (Å²) in [6.45, 7) is 5.82. The van der Waals surface area contributed by atoms with Crippen LogP contribution in [0.15, 0.2) is 18.2 Å². The Morgan fingerprint density at radius 2 is 1.94 bits per heavy atom. The van der Waals surface area contributed by atoms with E-state index in [1.807, 2.05) is 61.8 Å². The minimum Gasteiger partial charge on any atom is -0.497 e. The zero-order chi connectivity index (χ0) is 25.5. The summed E-state index contributed by atoms with van der Waals surface area (Å²) >= 11 is 0. The summed E-state index contributed by atoms with van der Waals surface area (Å²) < 4.78 is 7.60. The molecule has 0 bridgehead atoms. The largest absolute Gasteiger partial charge is 0.497 e. The summed E-state index contributed by atoms with van der Waals surface area (Å²) in [4.78, 5) is 31.7. The molecule has 1 fully saturated rings. The van der Waals surface area contributed by atoms with Gasteiger partial charge in [-0.25, -0.2) is 4.79 Å². The molecule has 1 saturated heterocycles. The van der Waals surface area contributed by atoms with Crippen LogP contribution in [0.1, 0.15) is 44.0 Å². The van der Waals surface area contributed by atoms with Gasteiger partial charge >= 0.3 is 6.03 Å². The smallest absolute Gasteiger partial charge is 0.317 e. The molecule has 0 aliphatic carbocycles. The van der Waals surface area contributed by atoms with Crippen molar-refractivity contribution in [2.24, 2.45) is 7.05 Å². The van der Waals surface area contributed by atoms with Crippen LogP contribution in [0.3, 0.4) is 0 Å². The van der Waals surface area contributed by atoms with Gasteiger partial charge in [0.25, 0.3) is 0 Å². The van der Waals surface area contributed by atoms with Gasteiger partial charge in [-0.05, 0) is 58.5 Å². The second kappa shape index (κ2) is 9.70. The van der Waals surface area contributed by atoms with Gasteiger partial charge in [-0.15, -0.1) is 0 Å². The molecule has 192 valence electrons. The summed E-state index contributed by atoms with van der Waals surface area (Å²) in [7, 11) is 7.42. The summed E-state index contributed by atoms with van der Waals surface area (Å²) in [5.41, 5.74) is 2.91. The lowest BCUT2D eigenvalue weighted by Gasteiger charge is -2.50. The van der Waals surface area contributed by atoms with Crippen LogP contribution in [0.2, 0.25) is 0 Å². The highest BCUT2D eigenvalue weighted by Crippen LogP contribution is 2.50. The summed E-state index contributed by atoms with van der Waals surface area (Å²) in [5, 5.41) is 14.6. The Kier molecular flexibility index (Phi) is 7.02. The number of aryl methyl sites for hydroxylation is 1. The lowest BCUT2D eigenvalue weighted by molar-refractivity contribution is -0.138. The van der Waals surface area contributed by atoms with E-state index < -0.39 is 6.04 Å². The number of likely N-dealkylation sites (tertiary alicyclic amines) is 1. The minimum absolute atomic E-state index is 0.00175. The van der Waals surface area contributed by atoms with Crippen molar-refractivity contribution in [1.29, 1.82) is 0 Å². The third-order valence-corrected chi connectivity index (χ3v) is 7.51. The highest BCUT2D eigenvalue weighted by Gasteiger charge is 2.49. The maximum absolute atomic E-state index is 13.4. The quantitative estimate of drug-likeness (QED) is 0.677. The number of likely N-dealkylation sites (N-methyl/N-ethyl adjacent to an activating group) is 1. The zero-order valence-corrected chi connectivity index (χ0v) is 21.8. The van der Waals surface area contributed by atoms with Gasteiger partial charge in [0, 0.05) is 55.3 Å². The lowest BCUT2D eigenvalue weighted by atomic mass is 9.68. The van der Waals surface area contributed by atoms with Crippen molar-refractivity contribution < 1.29 is 19.4 Å². The number of urea groups is 1. The van der Waals surface area contributed by atoms with Gasteiger partial charge in [0.15, 0.2) is 0 Å². The molecule has 0 radical (unpaired) electrons. The molecule has 2 aliphatic rings. The number of nitrogens with zero attached hydrogens (tertiary/aromatic N) is 4. The molecule has 0 unspecified atom stereocenters. The SMILES string of the molecule is COc1ccc2c3c(n(C)c2c1)[C@H](CO)N(C(=O)CN(C)C)CC31CCN(C(=O)NC(C)C)CC1. The summed E-state index contributed by atoms with van der Waals surface area (Å²) in [6, 6.07) is 5.71. The van der Waals surface area contributed by atoms with Gasteiger partial charge in [-0.1, -0.05) is 0 Å². The molecule has 0 saturated carbocycles. The molecular weight excluding hydrogens is 446 g/mol. The molecule has 3 heterocycles. The number of aliphatic hydroxyl groups is 1. The highest BCUT2D eigenvalue weighted by molar-refractivity contribution is 5.90. The third-order valence-electron chi connectivity index (χ3n) is 7.51. The fraction of sp³-hybridized carbons (Fsp3) is 0.615. The first-order valence-electron chi connectivity index (χ1n) is 12.4. The van der Waals surface area contributed by atoms with Crippen LogP contribution in [-0.2, 0) is 17.3 Å². The predicted molar refractivity (Wildman–Crippen MR) is 136 cm³/mol. The van der Waals surface area contributed by atoms with Crippen LogP contribution < -0.4 is 10.1 Å². The van der Waals surface area contributed by atoms with E-state index in [9.17, 15) is 14.7 Å². The van der Waals surface area contributed by atoms with Gasteiger partial charge < -0.3 is 34.4 Å². The number of rotatable bonds is 5. The number of piperidine rings is 1. The molecule has 9 heteroatoms. The Morgan fingerprint density at radius 3 is 2.51 bits per heavy atom. The first kappa shape index (κ1) is 25.3. The molecule has 4 rings (SSSR count). The number of hydrogen-bond donors (Lipinski definition) is 2. The fourth-order valence-corrected chi connectivity index (χ4v) is 5.87. The van der Waals surface area contributed by atoms with Crippen LogP contribution in [0.5, 0.6) is 5.75 Å². The van der Waals surface area contributed by atoms with E-state index >= 15 is 0 Å². The van der Waals surface area contributed by atoms with Crippen LogP contribution in [0.25, 0.3) is 10.9 Å². The number of aromatic nitrogens is 1.